The first-order valence-corrected chi connectivity index (χ1v) is 9.67. The number of anilines is 1. The van der Waals surface area contributed by atoms with E-state index in [0.717, 1.165) is 29.9 Å². The predicted octanol–water partition coefficient (Wildman–Crippen LogP) is 2.33. The minimum Gasteiger partial charge on any atom is -0.496 e. The number of thiazole rings is 1. The third-order valence-corrected chi connectivity index (χ3v) is 6.69. The van der Waals surface area contributed by atoms with Crippen LogP contribution in [0.3, 0.4) is 0 Å². The lowest BCUT2D eigenvalue weighted by Gasteiger charge is -2.43. The molecule has 0 atom stereocenters. The van der Waals surface area contributed by atoms with Crippen molar-refractivity contribution >= 4 is 26.5 Å². The Labute approximate surface area is 139 Å². The summed E-state index contributed by atoms with van der Waals surface area (Å²) >= 11 is 1.05. The SMILES string of the molecule is COc1ccccc1C1(CNc2ncc(S(N)(=O)=O)s2)CCC1. The highest BCUT2D eigenvalue weighted by Crippen LogP contribution is 2.47. The molecule has 0 bridgehead atoms. The second-order valence-electron chi connectivity index (χ2n) is 5.72. The van der Waals surface area contributed by atoms with Gasteiger partial charge in [-0.2, -0.15) is 0 Å². The fraction of sp³-hybridized carbons (Fsp3) is 0.400. The van der Waals surface area contributed by atoms with Gasteiger partial charge in [0.1, 0.15) is 5.75 Å². The molecule has 3 N–H and O–H groups in total. The highest BCUT2D eigenvalue weighted by atomic mass is 32.2. The smallest absolute Gasteiger partial charge is 0.249 e. The van der Waals surface area contributed by atoms with E-state index in [-0.39, 0.29) is 9.62 Å². The van der Waals surface area contributed by atoms with E-state index in [1.165, 1.54) is 18.2 Å². The first kappa shape index (κ1) is 16.2. The van der Waals surface area contributed by atoms with E-state index in [1.54, 1.807) is 7.11 Å². The van der Waals surface area contributed by atoms with Crippen molar-refractivity contribution in [3.05, 3.63) is 36.0 Å². The molecule has 0 radical (unpaired) electrons. The van der Waals surface area contributed by atoms with Crippen LogP contribution in [0.5, 0.6) is 5.75 Å². The number of sulfonamides is 1. The molecule has 1 saturated carbocycles. The van der Waals surface area contributed by atoms with E-state index < -0.39 is 10.0 Å². The minimum absolute atomic E-state index is 0.0000261. The van der Waals surface area contributed by atoms with Crippen LogP contribution in [0.1, 0.15) is 24.8 Å². The van der Waals surface area contributed by atoms with Crippen molar-refractivity contribution in [2.24, 2.45) is 5.14 Å². The Hall–Kier alpha value is -1.64. The number of nitrogens with zero attached hydrogens (tertiary/aromatic N) is 1. The Morgan fingerprint density at radius 1 is 1.39 bits per heavy atom. The van der Waals surface area contributed by atoms with Gasteiger partial charge in [-0.1, -0.05) is 36.0 Å². The summed E-state index contributed by atoms with van der Waals surface area (Å²) in [6, 6.07) is 8.04. The average molecular weight is 353 g/mol. The molecule has 0 unspecified atom stereocenters. The van der Waals surface area contributed by atoms with Crippen LogP contribution in [0.25, 0.3) is 0 Å². The molecule has 124 valence electrons. The fourth-order valence-electron chi connectivity index (χ4n) is 2.95. The summed E-state index contributed by atoms with van der Waals surface area (Å²) in [6.45, 7) is 0.685. The molecule has 1 fully saturated rings. The van der Waals surface area contributed by atoms with Crippen molar-refractivity contribution in [2.75, 3.05) is 19.0 Å². The second-order valence-corrected chi connectivity index (χ2v) is 8.54. The van der Waals surface area contributed by atoms with Crippen LogP contribution in [-0.2, 0) is 15.4 Å². The van der Waals surface area contributed by atoms with Crippen molar-refractivity contribution in [3.63, 3.8) is 0 Å². The van der Waals surface area contributed by atoms with Crippen LogP contribution >= 0.6 is 11.3 Å². The summed E-state index contributed by atoms with van der Waals surface area (Å²) in [4.78, 5) is 4.10. The quantitative estimate of drug-likeness (QED) is 0.831. The monoisotopic (exact) mass is 353 g/mol. The maximum absolute atomic E-state index is 11.3. The number of rotatable bonds is 6. The number of nitrogens with one attached hydrogen (secondary N) is 1. The molecular formula is C15H19N3O3S2. The maximum atomic E-state index is 11.3. The van der Waals surface area contributed by atoms with Crippen molar-refractivity contribution < 1.29 is 13.2 Å². The number of benzene rings is 1. The van der Waals surface area contributed by atoms with Crippen LogP contribution in [0.15, 0.2) is 34.7 Å². The van der Waals surface area contributed by atoms with Gasteiger partial charge < -0.3 is 10.1 Å². The standard InChI is InChI=1S/C15H19N3O3S2/c1-21-12-6-3-2-5-11(12)15(7-4-8-15)10-18-14-17-9-13(22-14)23(16,19)20/h2-3,5-6,9H,4,7-8,10H2,1H3,(H,17,18)(H2,16,19,20). The Morgan fingerprint density at radius 2 is 2.13 bits per heavy atom. The topological polar surface area (TPSA) is 94.3 Å². The predicted molar refractivity (Wildman–Crippen MR) is 90.5 cm³/mol. The fourth-order valence-corrected chi connectivity index (χ4v) is 4.39. The number of hydrogen-bond donors (Lipinski definition) is 2. The van der Waals surface area contributed by atoms with E-state index in [0.29, 0.717) is 11.7 Å². The third kappa shape index (κ3) is 3.19. The third-order valence-electron chi connectivity index (χ3n) is 4.33. The highest BCUT2D eigenvalue weighted by molar-refractivity contribution is 7.91. The summed E-state index contributed by atoms with van der Waals surface area (Å²) in [5.74, 6) is 0.887. The molecule has 6 nitrogen and oxygen atoms in total. The Morgan fingerprint density at radius 3 is 2.70 bits per heavy atom. The van der Waals surface area contributed by atoms with Crippen LogP contribution in [-0.4, -0.2) is 27.1 Å². The first-order valence-electron chi connectivity index (χ1n) is 7.31. The largest absolute Gasteiger partial charge is 0.496 e. The number of ether oxygens (including phenoxy) is 1. The Balaban J connectivity index is 1.79. The summed E-state index contributed by atoms with van der Waals surface area (Å²) < 4.78 is 28.2. The molecule has 0 aliphatic heterocycles. The van der Waals surface area contributed by atoms with Gasteiger partial charge in [-0.3, -0.25) is 0 Å². The van der Waals surface area contributed by atoms with E-state index in [9.17, 15) is 8.42 Å². The number of nitrogens with two attached hydrogens (primary N) is 1. The summed E-state index contributed by atoms with van der Waals surface area (Å²) in [5.41, 5.74) is 1.18. The zero-order chi connectivity index (χ0) is 16.5. The van der Waals surface area contributed by atoms with Gasteiger partial charge in [0.2, 0.25) is 10.0 Å². The van der Waals surface area contributed by atoms with Crippen LogP contribution in [0, 0.1) is 0 Å². The first-order chi connectivity index (χ1) is 10.9. The lowest BCUT2D eigenvalue weighted by atomic mass is 9.64. The van der Waals surface area contributed by atoms with Gasteiger partial charge in [-0.15, -0.1) is 0 Å². The summed E-state index contributed by atoms with van der Waals surface area (Å²) in [7, 11) is -2.02. The van der Waals surface area contributed by atoms with Gasteiger partial charge in [-0.25, -0.2) is 18.5 Å². The molecule has 0 amide bonds. The van der Waals surface area contributed by atoms with Crippen LogP contribution < -0.4 is 15.2 Å². The van der Waals surface area contributed by atoms with Gasteiger partial charge >= 0.3 is 0 Å². The average Bonchev–Trinajstić information content (AvgIpc) is 2.96. The van der Waals surface area contributed by atoms with Crippen LogP contribution in [0.2, 0.25) is 0 Å². The Bertz CT molecular complexity index is 798. The number of primary sulfonamides is 1. The second kappa shape index (κ2) is 6.10. The van der Waals surface area contributed by atoms with Crippen molar-refractivity contribution in [1.29, 1.82) is 0 Å². The lowest BCUT2D eigenvalue weighted by molar-refractivity contribution is 0.250. The molecule has 1 aromatic heterocycles. The number of methoxy groups -OCH3 is 1. The van der Waals surface area contributed by atoms with E-state index in [1.807, 2.05) is 18.2 Å². The van der Waals surface area contributed by atoms with Crippen molar-refractivity contribution in [1.82, 2.24) is 4.98 Å². The molecule has 23 heavy (non-hydrogen) atoms. The summed E-state index contributed by atoms with van der Waals surface area (Å²) in [5, 5.41) is 8.94. The molecule has 8 heteroatoms. The van der Waals surface area contributed by atoms with Gasteiger partial charge in [0.25, 0.3) is 0 Å². The minimum atomic E-state index is -3.69. The molecule has 1 aliphatic carbocycles. The molecule has 0 saturated heterocycles. The molecule has 3 rings (SSSR count). The zero-order valence-electron chi connectivity index (χ0n) is 12.8. The van der Waals surface area contributed by atoms with Gasteiger partial charge in [-0.05, 0) is 18.9 Å². The number of hydrogen-bond acceptors (Lipinski definition) is 6. The number of aromatic nitrogens is 1. The maximum Gasteiger partial charge on any atom is 0.249 e. The van der Waals surface area contributed by atoms with E-state index >= 15 is 0 Å². The lowest BCUT2D eigenvalue weighted by Crippen LogP contribution is -2.41. The highest BCUT2D eigenvalue weighted by Gasteiger charge is 2.40. The molecule has 1 heterocycles. The summed E-state index contributed by atoms with van der Waals surface area (Å²) in [6.07, 6.45) is 4.58. The van der Waals surface area contributed by atoms with Gasteiger partial charge in [0, 0.05) is 17.5 Å². The Kier molecular flexibility index (Phi) is 4.31. The zero-order valence-corrected chi connectivity index (χ0v) is 14.4. The molecule has 1 aromatic carbocycles. The van der Waals surface area contributed by atoms with E-state index in [2.05, 4.69) is 16.4 Å². The van der Waals surface area contributed by atoms with Crippen LogP contribution in [0.4, 0.5) is 5.13 Å². The molecule has 2 aromatic rings. The normalized spacial score (nSPS) is 16.6. The van der Waals surface area contributed by atoms with Crippen molar-refractivity contribution in [2.45, 2.75) is 28.9 Å². The van der Waals surface area contributed by atoms with Crippen molar-refractivity contribution in [3.8, 4) is 5.75 Å². The number of para-hydroxylation sites is 1. The molecule has 1 aliphatic rings. The molecular weight excluding hydrogens is 334 g/mol. The van der Waals surface area contributed by atoms with Gasteiger partial charge in [0.15, 0.2) is 9.34 Å². The van der Waals surface area contributed by atoms with E-state index in [4.69, 9.17) is 9.88 Å². The van der Waals surface area contributed by atoms with Gasteiger partial charge in [0.05, 0.1) is 13.3 Å². The molecule has 0 spiro atoms.